The van der Waals surface area contributed by atoms with Gasteiger partial charge < -0.3 is 10.1 Å². The Morgan fingerprint density at radius 3 is 2.80 bits per heavy atom. The van der Waals surface area contributed by atoms with Gasteiger partial charge in [-0.1, -0.05) is 22.9 Å². The standard InChI is InChI=1S/C14H15BrFN3O/c1-3-17-12(10-8-9(16)4-5-11(10)15)13-14(20-2)19-7-6-18-13/h4-8,12,17H,3H2,1-2H3. The van der Waals surface area contributed by atoms with E-state index in [1.54, 1.807) is 18.5 Å². The number of nitrogens with zero attached hydrogens (tertiary/aromatic N) is 2. The minimum atomic E-state index is -0.297. The Bertz CT molecular complexity index is 594. The van der Waals surface area contributed by atoms with E-state index in [1.165, 1.54) is 19.2 Å². The van der Waals surface area contributed by atoms with Crippen LogP contribution in [0.1, 0.15) is 24.2 Å². The maximum Gasteiger partial charge on any atom is 0.237 e. The summed E-state index contributed by atoms with van der Waals surface area (Å²) >= 11 is 3.45. The third-order valence-electron chi connectivity index (χ3n) is 2.84. The number of hydrogen-bond donors (Lipinski definition) is 1. The van der Waals surface area contributed by atoms with E-state index in [4.69, 9.17) is 4.74 Å². The van der Waals surface area contributed by atoms with Gasteiger partial charge in [-0.05, 0) is 30.3 Å². The van der Waals surface area contributed by atoms with Gasteiger partial charge in [0.15, 0.2) is 0 Å². The molecule has 4 nitrogen and oxygen atoms in total. The van der Waals surface area contributed by atoms with Gasteiger partial charge in [-0.3, -0.25) is 4.98 Å². The molecule has 1 N–H and O–H groups in total. The second kappa shape index (κ2) is 6.76. The van der Waals surface area contributed by atoms with Crippen LogP contribution < -0.4 is 10.1 Å². The molecule has 0 bridgehead atoms. The van der Waals surface area contributed by atoms with Crippen LogP contribution in [0.3, 0.4) is 0 Å². The van der Waals surface area contributed by atoms with Crippen LogP contribution in [0.2, 0.25) is 0 Å². The van der Waals surface area contributed by atoms with Gasteiger partial charge >= 0.3 is 0 Å². The van der Waals surface area contributed by atoms with Crippen molar-refractivity contribution in [3.63, 3.8) is 0 Å². The Morgan fingerprint density at radius 1 is 1.35 bits per heavy atom. The fourth-order valence-electron chi connectivity index (χ4n) is 1.99. The molecular formula is C14H15BrFN3O. The zero-order chi connectivity index (χ0) is 14.5. The van der Waals surface area contributed by atoms with Gasteiger partial charge in [-0.15, -0.1) is 0 Å². The molecule has 0 spiro atoms. The third kappa shape index (κ3) is 3.13. The van der Waals surface area contributed by atoms with Crippen LogP contribution in [0.25, 0.3) is 0 Å². The first-order valence-electron chi connectivity index (χ1n) is 6.20. The van der Waals surface area contributed by atoms with Gasteiger partial charge in [0.1, 0.15) is 11.5 Å². The second-order valence-electron chi connectivity index (χ2n) is 4.11. The summed E-state index contributed by atoms with van der Waals surface area (Å²) in [7, 11) is 1.54. The van der Waals surface area contributed by atoms with Gasteiger partial charge in [-0.2, -0.15) is 0 Å². The van der Waals surface area contributed by atoms with Gasteiger partial charge in [0.25, 0.3) is 0 Å². The molecule has 0 radical (unpaired) electrons. The van der Waals surface area contributed by atoms with E-state index in [-0.39, 0.29) is 11.9 Å². The van der Waals surface area contributed by atoms with Crippen molar-refractivity contribution in [1.82, 2.24) is 15.3 Å². The smallest absolute Gasteiger partial charge is 0.237 e. The van der Waals surface area contributed by atoms with E-state index in [2.05, 4.69) is 31.2 Å². The number of benzene rings is 1. The SMILES string of the molecule is CCNC(c1cc(F)ccc1Br)c1nccnc1OC. The first-order valence-corrected chi connectivity index (χ1v) is 6.99. The molecule has 0 saturated heterocycles. The average Bonchev–Trinajstić information content (AvgIpc) is 2.47. The Kier molecular flexibility index (Phi) is 5.03. The molecule has 6 heteroatoms. The van der Waals surface area contributed by atoms with Crippen LogP contribution >= 0.6 is 15.9 Å². The topological polar surface area (TPSA) is 47.0 Å². The van der Waals surface area contributed by atoms with E-state index in [0.717, 1.165) is 10.0 Å². The van der Waals surface area contributed by atoms with Crippen molar-refractivity contribution in [2.24, 2.45) is 0 Å². The van der Waals surface area contributed by atoms with Crippen molar-refractivity contribution in [2.45, 2.75) is 13.0 Å². The van der Waals surface area contributed by atoms with E-state index < -0.39 is 0 Å². The van der Waals surface area contributed by atoms with Crippen LogP contribution in [0.5, 0.6) is 5.88 Å². The summed E-state index contributed by atoms with van der Waals surface area (Å²) in [5, 5.41) is 3.28. The monoisotopic (exact) mass is 339 g/mol. The molecule has 106 valence electrons. The molecule has 0 fully saturated rings. The predicted molar refractivity (Wildman–Crippen MR) is 78.2 cm³/mol. The lowest BCUT2D eigenvalue weighted by Gasteiger charge is -2.20. The fraction of sp³-hybridized carbons (Fsp3) is 0.286. The largest absolute Gasteiger partial charge is 0.480 e. The molecule has 0 saturated carbocycles. The van der Waals surface area contributed by atoms with Crippen molar-refractivity contribution < 1.29 is 9.13 Å². The van der Waals surface area contributed by atoms with Crippen LogP contribution in [-0.4, -0.2) is 23.6 Å². The zero-order valence-electron chi connectivity index (χ0n) is 11.2. The quantitative estimate of drug-likeness (QED) is 0.909. The minimum Gasteiger partial charge on any atom is -0.480 e. The number of halogens is 2. The summed E-state index contributed by atoms with van der Waals surface area (Å²) in [5.74, 6) is 0.128. The Labute approximate surface area is 125 Å². The molecule has 2 rings (SSSR count). The number of ether oxygens (including phenoxy) is 1. The number of aromatic nitrogens is 2. The van der Waals surface area contributed by atoms with Crippen LogP contribution in [0.15, 0.2) is 35.1 Å². The lowest BCUT2D eigenvalue weighted by Crippen LogP contribution is -2.24. The van der Waals surface area contributed by atoms with Crippen molar-refractivity contribution in [3.05, 3.63) is 52.1 Å². The Hall–Kier alpha value is -1.53. The van der Waals surface area contributed by atoms with Crippen LogP contribution in [-0.2, 0) is 0 Å². The highest BCUT2D eigenvalue weighted by Crippen LogP contribution is 2.31. The highest BCUT2D eigenvalue weighted by molar-refractivity contribution is 9.10. The summed E-state index contributed by atoms with van der Waals surface area (Å²) < 4.78 is 19.6. The average molecular weight is 340 g/mol. The molecule has 1 atom stereocenters. The summed E-state index contributed by atoms with van der Waals surface area (Å²) in [6, 6.07) is 4.27. The Morgan fingerprint density at radius 2 is 2.10 bits per heavy atom. The van der Waals surface area contributed by atoms with E-state index in [0.29, 0.717) is 18.1 Å². The van der Waals surface area contributed by atoms with Crippen molar-refractivity contribution in [3.8, 4) is 5.88 Å². The number of nitrogens with one attached hydrogen (secondary N) is 1. The Balaban J connectivity index is 2.53. The van der Waals surface area contributed by atoms with Gasteiger partial charge in [0.2, 0.25) is 5.88 Å². The maximum atomic E-state index is 13.5. The van der Waals surface area contributed by atoms with E-state index >= 15 is 0 Å². The molecule has 2 aromatic rings. The van der Waals surface area contributed by atoms with Crippen molar-refractivity contribution in [2.75, 3.05) is 13.7 Å². The van der Waals surface area contributed by atoms with Gasteiger partial charge in [-0.25, -0.2) is 9.37 Å². The highest BCUT2D eigenvalue weighted by atomic mass is 79.9. The number of methoxy groups -OCH3 is 1. The molecule has 1 aromatic carbocycles. The number of hydrogen-bond acceptors (Lipinski definition) is 4. The first kappa shape index (κ1) is 14.9. The van der Waals surface area contributed by atoms with Gasteiger partial charge in [0, 0.05) is 16.9 Å². The molecule has 1 heterocycles. The predicted octanol–water partition coefficient (Wildman–Crippen LogP) is 3.09. The van der Waals surface area contributed by atoms with Crippen LogP contribution in [0, 0.1) is 5.82 Å². The molecule has 1 unspecified atom stereocenters. The maximum absolute atomic E-state index is 13.5. The van der Waals surface area contributed by atoms with E-state index in [1.807, 2.05) is 6.92 Å². The van der Waals surface area contributed by atoms with Gasteiger partial charge in [0.05, 0.1) is 13.2 Å². The number of rotatable bonds is 5. The van der Waals surface area contributed by atoms with Crippen molar-refractivity contribution >= 4 is 15.9 Å². The summed E-state index contributed by atoms with van der Waals surface area (Å²) in [4.78, 5) is 8.47. The molecule has 0 aliphatic rings. The highest BCUT2D eigenvalue weighted by Gasteiger charge is 2.22. The fourth-order valence-corrected chi connectivity index (χ4v) is 2.46. The van der Waals surface area contributed by atoms with E-state index in [9.17, 15) is 4.39 Å². The van der Waals surface area contributed by atoms with Crippen LogP contribution in [0.4, 0.5) is 4.39 Å². The normalized spacial score (nSPS) is 12.2. The lowest BCUT2D eigenvalue weighted by atomic mass is 10.0. The summed E-state index contributed by atoms with van der Waals surface area (Å²) in [6.07, 6.45) is 3.15. The van der Waals surface area contributed by atoms with Crippen molar-refractivity contribution in [1.29, 1.82) is 0 Å². The second-order valence-corrected chi connectivity index (χ2v) is 4.96. The molecule has 1 aromatic heterocycles. The first-order chi connectivity index (χ1) is 9.67. The lowest BCUT2D eigenvalue weighted by molar-refractivity contribution is 0.383. The molecule has 0 aliphatic carbocycles. The third-order valence-corrected chi connectivity index (χ3v) is 3.56. The molecule has 0 amide bonds. The molecule has 0 aliphatic heterocycles. The summed E-state index contributed by atoms with van der Waals surface area (Å²) in [5.41, 5.74) is 1.38. The molecular weight excluding hydrogens is 325 g/mol. The molecule has 20 heavy (non-hydrogen) atoms. The zero-order valence-corrected chi connectivity index (χ0v) is 12.8. The summed E-state index contributed by atoms with van der Waals surface area (Å²) in [6.45, 7) is 2.68. The minimum absolute atomic E-state index is 0.297.